The molecule has 0 spiro atoms. The Morgan fingerprint density at radius 3 is 2.72 bits per heavy atom. The van der Waals surface area contributed by atoms with Crippen LogP contribution in [0, 0.1) is 5.92 Å². The predicted molar refractivity (Wildman–Crippen MR) is 133 cm³/mol. The van der Waals surface area contributed by atoms with E-state index in [0.29, 0.717) is 57.0 Å². The largest absolute Gasteiger partial charge is 0.480 e. The zero-order chi connectivity index (χ0) is 25.4. The lowest BCUT2D eigenvalue weighted by Gasteiger charge is -2.18. The average Bonchev–Trinajstić information content (AvgIpc) is 3.51. The van der Waals surface area contributed by atoms with E-state index in [-0.39, 0.29) is 26.0 Å². The Kier molecular flexibility index (Phi) is 7.52. The van der Waals surface area contributed by atoms with Crippen LogP contribution in [0.15, 0.2) is 18.2 Å². The smallest absolute Gasteiger partial charge is 0.301 e. The van der Waals surface area contributed by atoms with Gasteiger partial charge in [-0.15, -0.1) is 0 Å². The molecule has 5 heterocycles. The van der Waals surface area contributed by atoms with Crippen molar-refractivity contribution in [3.63, 3.8) is 0 Å². The molecule has 10 nitrogen and oxygen atoms in total. The van der Waals surface area contributed by atoms with Crippen LogP contribution in [0.3, 0.4) is 0 Å². The number of halogens is 2. The molecule has 2 saturated heterocycles. The molecule has 0 radical (unpaired) electrons. The van der Waals surface area contributed by atoms with E-state index in [1.165, 1.54) is 7.11 Å². The molecule has 0 bridgehead atoms. The Morgan fingerprint density at radius 2 is 1.94 bits per heavy atom. The number of rotatable bonds is 9. The summed E-state index contributed by atoms with van der Waals surface area (Å²) in [6.45, 7) is 5.51. The zero-order valence-electron chi connectivity index (χ0n) is 20.2. The number of methoxy groups -OCH3 is 1. The van der Waals surface area contributed by atoms with Gasteiger partial charge in [0.05, 0.1) is 36.6 Å². The number of hydrogen-bond acceptors (Lipinski definition) is 9. The van der Waals surface area contributed by atoms with Crippen LogP contribution >= 0.6 is 23.2 Å². The van der Waals surface area contributed by atoms with Crippen molar-refractivity contribution in [2.24, 2.45) is 5.92 Å². The van der Waals surface area contributed by atoms with E-state index in [1.54, 1.807) is 22.8 Å². The lowest BCUT2D eigenvalue weighted by Crippen LogP contribution is -2.35. The lowest BCUT2D eigenvalue weighted by molar-refractivity contribution is 0.00270. The number of aromatic nitrogens is 4. The Morgan fingerprint density at radius 1 is 1.14 bits per heavy atom. The number of imidazole rings is 1. The van der Waals surface area contributed by atoms with E-state index in [4.69, 9.17) is 51.9 Å². The highest BCUT2D eigenvalue weighted by molar-refractivity contribution is 6.33. The first kappa shape index (κ1) is 25.4. The summed E-state index contributed by atoms with van der Waals surface area (Å²) in [7, 11) is 1.51. The number of nitrogens with zero attached hydrogens (tertiary/aromatic N) is 4. The number of fused-ring (bicyclic) bond motifs is 2. The van der Waals surface area contributed by atoms with Gasteiger partial charge in [-0.25, -0.2) is 9.97 Å². The standard InChI is InChI=1S/C24H28Cl2N4O6/c1-12(2)6-7-33-11-30-22-15(27-24(30)36-17-10-35-20-16(31)9-34-21(17)20)8-14(25)19(29-22)13-4-5-18(26)28-23(13)32-3/h4-5,8,12,16-17,20-21,31H,6-7,9-11H2,1-3H3/t16-,17-,20?,21-/m1/s1. The second-order valence-electron chi connectivity index (χ2n) is 9.21. The first-order valence-electron chi connectivity index (χ1n) is 11.8. The third-order valence-corrected chi connectivity index (χ3v) is 6.71. The van der Waals surface area contributed by atoms with Crippen LogP contribution in [-0.4, -0.2) is 76.0 Å². The van der Waals surface area contributed by atoms with Crippen molar-refractivity contribution in [1.82, 2.24) is 19.5 Å². The summed E-state index contributed by atoms with van der Waals surface area (Å²) in [6, 6.07) is 5.42. The Labute approximate surface area is 218 Å². The highest BCUT2D eigenvalue weighted by atomic mass is 35.5. The van der Waals surface area contributed by atoms with Crippen molar-refractivity contribution >= 4 is 34.4 Å². The van der Waals surface area contributed by atoms with Crippen molar-refractivity contribution in [1.29, 1.82) is 0 Å². The summed E-state index contributed by atoms with van der Waals surface area (Å²) in [5.74, 6) is 0.810. The topological polar surface area (TPSA) is 110 Å². The third kappa shape index (κ3) is 4.98. The number of pyridine rings is 2. The maximum absolute atomic E-state index is 10.1. The number of aliphatic hydroxyl groups is 1. The molecule has 36 heavy (non-hydrogen) atoms. The highest BCUT2D eigenvalue weighted by Gasteiger charge is 2.49. The Balaban J connectivity index is 1.52. The lowest BCUT2D eigenvalue weighted by atomic mass is 10.1. The summed E-state index contributed by atoms with van der Waals surface area (Å²) in [5, 5.41) is 10.7. The predicted octanol–water partition coefficient (Wildman–Crippen LogP) is 3.73. The minimum Gasteiger partial charge on any atom is -0.480 e. The first-order valence-corrected chi connectivity index (χ1v) is 12.5. The molecule has 3 aromatic rings. The van der Waals surface area contributed by atoms with Gasteiger partial charge in [-0.1, -0.05) is 37.0 Å². The molecule has 0 aromatic carbocycles. The summed E-state index contributed by atoms with van der Waals surface area (Å²) in [4.78, 5) is 13.7. The van der Waals surface area contributed by atoms with Gasteiger partial charge in [0, 0.05) is 6.61 Å². The van der Waals surface area contributed by atoms with Crippen molar-refractivity contribution in [2.75, 3.05) is 26.9 Å². The molecule has 2 aliphatic rings. The maximum Gasteiger partial charge on any atom is 0.301 e. The van der Waals surface area contributed by atoms with E-state index in [1.807, 2.05) is 0 Å². The van der Waals surface area contributed by atoms with Crippen LogP contribution in [0.4, 0.5) is 0 Å². The summed E-state index contributed by atoms with van der Waals surface area (Å²) in [6.07, 6.45) is -1.00. The minimum atomic E-state index is -0.673. The van der Waals surface area contributed by atoms with Gasteiger partial charge < -0.3 is 28.8 Å². The average molecular weight is 539 g/mol. The molecule has 0 amide bonds. The maximum atomic E-state index is 10.1. The summed E-state index contributed by atoms with van der Waals surface area (Å²) >= 11 is 12.7. The van der Waals surface area contributed by atoms with Gasteiger partial charge in [0.25, 0.3) is 0 Å². The monoisotopic (exact) mass is 538 g/mol. The molecular formula is C24H28Cl2N4O6. The molecule has 12 heteroatoms. The fourth-order valence-electron chi connectivity index (χ4n) is 4.31. The number of hydrogen-bond donors (Lipinski definition) is 1. The molecule has 0 aliphatic carbocycles. The molecule has 194 valence electrons. The van der Waals surface area contributed by atoms with E-state index in [9.17, 15) is 5.11 Å². The molecule has 4 atom stereocenters. The minimum absolute atomic E-state index is 0.174. The summed E-state index contributed by atoms with van der Waals surface area (Å²) in [5.41, 5.74) is 2.11. The molecular weight excluding hydrogens is 511 g/mol. The van der Waals surface area contributed by atoms with Gasteiger partial charge >= 0.3 is 6.01 Å². The second kappa shape index (κ2) is 10.6. The van der Waals surface area contributed by atoms with Gasteiger partial charge in [0.1, 0.15) is 35.7 Å². The van der Waals surface area contributed by atoms with Crippen molar-refractivity contribution in [3.05, 3.63) is 28.4 Å². The van der Waals surface area contributed by atoms with E-state index < -0.39 is 18.3 Å². The van der Waals surface area contributed by atoms with Crippen LogP contribution in [0.25, 0.3) is 22.4 Å². The summed E-state index contributed by atoms with van der Waals surface area (Å²) < 4.78 is 30.8. The van der Waals surface area contributed by atoms with Crippen molar-refractivity contribution < 1.29 is 28.8 Å². The van der Waals surface area contributed by atoms with Gasteiger partial charge in [0.2, 0.25) is 5.88 Å². The number of ether oxygens (including phenoxy) is 5. The Bertz CT molecular complexity index is 1240. The van der Waals surface area contributed by atoms with Crippen LogP contribution in [0.1, 0.15) is 20.3 Å². The van der Waals surface area contributed by atoms with Crippen molar-refractivity contribution in [3.8, 4) is 23.1 Å². The van der Waals surface area contributed by atoms with Crippen LogP contribution in [0.5, 0.6) is 11.9 Å². The van der Waals surface area contributed by atoms with E-state index >= 15 is 0 Å². The van der Waals surface area contributed by atoms with Crippen molar-refractivity contribution in [2.45, 2.75) is 51.4 Å². The zero-order valence-corrected chi connectivity index (χ0v) is 21.7. The normalized spacial score (nSPS) is 23.5. The molecule has 5 rings (SSSR count). The fraction of sp³-hybridized carbons (Fsp3) is 0.542. The molecule has 2 aliphatic heterocycles. The molecule has 1 N–H and O–H groups in total. The van der Waals surface area contributed by atoms with E-state index in [0.717, 1.165) is 6.42 Å². The molecule has 1 unspecified atom stereocenters. The third-order valence-electron chi connectivity index (χ3n) is 6.21. The number of aliphatic hydroxyl groups excluding tert-OH is 1. The van der Waals surface area contributed by atoms with E-state index in [2.05, 4.69) is 23.8 Å². The SMILES string of the molecule is COc1nc(Cl)ccc1-c1nc2c(cc1Cl)nc(O[C@@H]1COC3[C@H](O)CO[C@@H]31)n2COCCC(C)C. The molecule has 0 saturated carbocycles. The Hall–Kier alpha value is -2.21. The second-order valence-corrected chi connectivity index (χ2v) is 10.0. The van der Waals surface area contributed by atoms with Crippen LogP contribution in [0.2, 0.25) is 10.2 Å². The highest BCUT2D eigenvalue weighted by Crippen LogP contribution is 2.36. The van der Waals surface area contributed by atoms with Crippen LogP contribution in [-0.2, 0) is 20.9 Å². The van der Waals surface area contributed by atoms with Gasteiger partial charge in [-0.2, -0.15) is 4.98 Å². The fourth-order valence-corrected chi connectivity index (χ4v) is 4.70. The first-order chi connectivity index (χ1) is 17.4. The molecule has 3 aromatic heterocycles. The van der Waals surface area contributed by atoms with Gasteiger partial charge in [-0.3, -0.25) is 4.57 Å². The van der Waals surface area contributed by atoms with Gasteiger partial charge in [-0.05, 0) is 30.5 Å². The quantitative estimate of drug-likeness (QED) is 0.321. The van der Waals surface area contributed by atoms with Crippen LogP contribution < -0.4 is 9.47 Å². The van der Waals surface area contributed by atoms with Gasteiger partial charge in [0.15, 0.2) is 11.8 Å². The molecule has 2 fully saturated rings.